The van der Waals surface area contributed by atoms with Crippen molar-refractivity contribution in [3.05, 3.63) is 33.8 Å². The molecule has 0 bridgehead atoms. The van der Waals surface area contributed by atoms with Gasteiger partial charge in [-0.15, -0.1) is 0 Å². The molecule has 1 aliphatic rings. The Hall–Kier alpha value is -0.730. The number of hydrogen-bond donors (Lipinski definition) is 0. The van der Waals surface area contributed by atoms with Gasteiger partial charge in [-0.1, -0.05) is 23.2 Å². The van der Waals surface area contributed by atoms with Crippen LogP contribution in [0.2, 0.25) is 10.0 Å². The van der Waals surface area contributed by atoms with Crippen molar-refractivity contribution in [1.82, 2.24) is 0 Å². The molecule has 0 aromatic heterocycles. The lowest BCUT2D eigenvalue weighted by Crippen LogP contribution is -2.04. The van der Waals surface area contributed by atoms with E-state index in [1.165, 1.54) is 7.11 Å². The Labute approximate surface area is 98.1 Å². The van der Waals surface area contributed by atoms with Crippen LogP contribution in [0.3, 0.4) is 0 Å². The largest absolute Gasteiger partial charge is 0.469 e. The molecule has 15 heavy (non-hydrogen) atoms. The predicted molar refractivity (Wildman–Crippen MR) is 59.3 cm³/mol. The number of carbonyl (C=O) groups is 1. The van der Waals surface area contributed by atoms with Gasteiger partial charge in [-0.2, -0.15) is 0 Å². The smallest absolute Gasteiger partial charge is 0.309 e. The summed E-state index contributed by atoms with van der Waals surface area (Å²) in [6, 6.07) is 5.31. The molecule has 0 heterocycles. The van der Waals surface area contributed by atoms with E-state index in [9.17, 15) is 4.79 Å². The summed E-state index contributed by atoms with van der Waals surface area (Å²) < 4.78 is 4.68. The molecule has 1 aromatic carbocycles. The summed E-state index contributed by atoms with van der Waals surface area (Å²) in [4.78, 5) is 11.3. The number of esters is 1. The van der Waals surface area contributed by atoms with E-state index in [0.29, 0.717) is 10.0 Å². The first-order valence-electron chi connectivity index (χ1n) is 4.66. The number of ether oxygens (including phenoxy) is 1. The van der Waals surface area contributed by atoms with E-state index >= 15 is 0 Å². The summed E-state index contributed by atoms with van der Waals surface area (Å²) in [6.45, 7) is 0. The third-order valence-corrected chi connectivity index (χ3v) is 3.23. The Morgan fingerprint density at radius 3 is 2.87 bits per heavy atom. The van der Waals surface area contributed by atoms with Crippen molar-refractivity contribution in [3.63, 3.8) is 0 Å². The maximum Gasteiger partial charge on any atom is 0.309 e. The molecule has 2 rings (SSSR count). The van der Waals surface area contributed by atoms with Gasteiger partial charge in [-0.25, -0.2) is 0 Å². The van der Waals surface area contributed by atoms with Gasteiger partial charge in [0.2, 0.25) is 0 Å². The summed E-state index contributed by atoms with van der Waals surface area (Å²) in [5.41, 5.74) is 0.944. The third kappa shape index (κ3) is 2.11. The Kier molecular flexibility index (Phi) is 2.89. The van der Waals surface area contributed by atoms with Gasteiger partial charge in [0, 0.05) is 10.0 Å². The molecule has 80 valence electrons. The summed E-state index contributed by atoms with van der Waals surface area (Å²) >= 11 is 11.9. The van der Waals surface area contributed by atoms with Crippen molar-refractivity contribution < 1.29 is 9.53 Å². The van der Waals surface area contributed by atoms with E-state index in [1.807, 2.05) is 6.07 Å². The molecule has 0 radical (unpaired) electrons. The molecule has 0 aliphatic heterocycles. The van der Waals surface area contributed by atoms with Gasteiger partial charge in [0.1, 0.15) is 0 Å². The number of rotatable bonds is 2. The zero-order valence-electron chi connectivity index (χ0n) is 8.17. The average Bonchev–Trinajstić information content (AvgIpc) is 3.00. The minimum atomic E-state index is -0.170. The molecule has 2 nitrogen and oxygen atoms in total. The number of methoxy groups -OCH3 is 1. The van der Waals surface area contributed by atoms with Crippen LogP contribution in [-0.2, 0) is 9.53 Å². The zero-order valence-corrected chi connectivity index (χ0v) is 9.68. The van der Waals surface area contributed by atoms with Crippen molar-refractivity contribution in [2.75, 3.05) is 7.11 Å². The van der Waals surface area contributed by atoms with Gasteiger partial charge in [0.05, 0.1) is 13.0 Å². The fourth-order valence-corrected chi connectivity index (χ4v) is 2.19. The van der Waals surface area contributed by atoms with Crippen LogP contribution < -0.4 is 0 Å². The number of hydrogen-bond acceptors (Lipinski definition) is 2. The quantitative estimate of drug-likeness (QED) is 0.747. The fourth-order valence-electron chi connectivity index (χ4n) is 1.75. The summed E-state index contributed by atoms with van der Waals surface area (Å²) in [5.74, 6) is -0.0503. The minimum absolute atomic E-state index is 0.0500. The van der Waals surface area contributed by atoms with Crippen LogP contribution in [0.4, 0.5) is 0 Å². The molecule has 0 spiro atoms. The predicted octanol–water partition coefficient (Wildman–Crippen LogP) is 3.27. The molecule has 1 saturated carbocycles. The van der Waals surface area contributed by atoms with Crippen LogP contribution in [0.15, 0.2) is 18.2 Å². The zero-order chi connectivity index (χ0) is 11.0. The van der Waals surface area contributed by atoms with Gasteiger partial charge in [0.25, 0.3) is 0 Å². The second kappa shape index (κ2) is 4.03. The first kappa shape index (κ1) is 10.8. The van der Waals surface area contributed by atoms with Gasteiger partial charge in [0.15, 0.2) is 0 Å². The van der Waals surface area contributed by atoms with Crippen molar-refractivity contribution in [2.45, 2.75) is 12.3 Å². The first-order chi connectivity index (χ1) is 7.13. The van der Waals surface area contributed by atoms with Crippen LogP contribution in [-0.4, -0.2) is 13.1 Å². The SMILES string of the molecule is COC(=O)[C@@H]1C[C@H]1c1cc(Cl)ccc1Cl. The van der Waals surface area contributed by atoms with Crippen LogP contribution in [0.1, 0.15) is 17.9 Å². The molecule has 1 fully saturated rings. The van der Waals surface area contributed by atoms with Crippen LogP contribution >= 0.6 is 23.2 Å². The lowest BCUT2D eigenvalue weighted by Gasteiger charge is -2.03. The van der Waals surface area contributed by atoms with E-state index in [1.54, 1.807) is 12.1 Å². The Morgan fingerprint density at radius 1 is 1.47 bits per heavy atom. The van der Waals surface area contributed by atoms with E-state index in [2.05, 4.69) is 4.74 Å². The minimum Gasteiger partial charge on any atom is -0.469 e. The highest BCUT2D eigenvalue weighted by molar-refractivity contribution is 6.33. The van der Waals surface area contributed by atoms with Crippen LogP contribution in [0.25, 0.3) is 0 Å². The highest BCUT2D eigenvalue weighted by atomic mass is 35.5. The normalized spacial score (nSPS) is 23.7. The van der Waals surface area contributed by atoms with E-state index in [-0.39, 0.29) is 17.8 Å². The molecule has 0 N–H and O–H groups in total. The first-order valence-corrected chi connectivity index (χ1v) is 5.42. The van der Waals surface area contributed by atoms with Crippen LogP contribution in [0.5, 0.6) is 0 Å². The third-order valence-electron chi connectivity index (χ3n) is 2.65. The summed E-state index contributed by atoms with van der Waals surface area (Å²) in [7, 11) is 1.40. The lowest BCUT2D eigenvalue weighted by molar-refractivity contribution is -0.142. The Bertz CT molecular complexity index is 404. The summed E-state index contributed by atoms with van der Waals surface area (Å²) in [5, 5.41) is 1.31. The van der Waals surface area contributed by atoms with Gasteiger partial charge < -0.3 is 4.74 Å². The van der Waals surface area contributed by atoms with Gasteiger partial charge >= 0.3 is 5.97 Å². The number of halogens is 2. The molecule has 4 heteroatoms. The molecular formula is C11H10Cl2O2. The molecule has 0 saturated heterocycles. The van der Waals surface area contributed by atoms with E-state index in [0.717, 1.165) is 12.0 Å². The molecular weight excluding hydrogens is 235 g/mol. The maximum absolute atomic E-state index is 11.3. The molecule has 1 aromatic rings. The average molecular weight is 245 g/mol. The number of benzene rings is 1. The van der Waals surface area contributed by atoms with Gasteiger partial charge in [-0.3, -0.25) is 4.79 Å². The van der Waals surface area contributed by atoms with E-state index < -0.39 is 0 Å². The van der Waals surface area contributed by atoms with Crippen molar-refractivity contribution in [3.8, 4) is 0 Å². The second-order valence-electron chi connectivity index (χ2n) is 3.64. The molecule has 0 unspecified atom stereocenters. The topological polar surface area (TPSA) is 26.3 Å². The standard InChI is InChI=1S/C11H10Cl2O2/c1-15-11(14)9-5-7(9)8-4-6(12)2-3-10(8)13/h2-4,7,9H,5H2,1H3/t7-,9+/m0/s1. The maximum atomic E-state index is 11.3. The van der Waals surface area contributed by atoms with Gasteiger partial charge in [-0.05, 0) is 36.1 Å². The van der Waals surface area contributed by atoms with Crippen molar-refractivity contribution in [2.24, 2.45) is 5.92 Å². The lowest BCUT2D eigenvalue weighted by atomic mass is 10.1. The highest BCUT2D eigenvalue weighted by Crippen LogP contribution is 2.50. The molecule has 1 aliphatic carbocycles. The Balaban J connectivity index is 2.19. The van der Waals surface area contributed by atoms with Crippen molar-refractivity contribution >= 4 is 29.2 Å². The monoisotopic (exact) mass is 244 g/mol. The highest BCUT2D eigenvalue weighted by Gasteiger charge is 2.45. The molecule has 2 atom stereocenters. The second-order valence-corrected chi connectivity index (χ2v) is 4.48. The Morgan fingerprint density at radius 2 is 2.20 bits per heavy atom. The van der Waals surface area contributed by atoms with Crippen molar-refractivity contribution in [1.29, 1.82) is 0 Å². The van der Waals surface area contributed by atoms with E-state index in [4.69, 9.17) is 23.2 Å². The number of carbonyl (C=O) groups excluding carboxylic acids is 1. The fraction of sp³-hybridized carbons (Fsp3) is 0.364. The molecule has 0 amide bonds. The van der Waals surface area contributed by atoms with Crippen LogP contribution in [0, 0.1) is 5.92 Å². The summed E-state index contributed by atoms with van der Waals surface area (Å²) in [6.07, 6.45) is 0.798.